The van der Waals surface area contributed by atoms with Crippen LogP contribution in [0.1, 0.15) is 57.6 Å². The molecular weight excluding hydrogens is 361 g/mol. The van der Waals surface area contributed by atoms with E-state index in [4.69, 9.17) is 18.9 Å². The Labute approximate surface area is 157 Å². The fourth-order valence-electron chi connectivity index (χ4n) is 3.59. The molecule has 0 radical (unpaired) electrons. The Morgan fingerprint density at radius 2 is 1.89 bits per heavy atom. The summed E-state index contributed by atoms with van der Waals surface area (Å²) in [7, 11) is 0. The van der Waals surface area contributed by atoms with E-state index in [1.165, 1.54) is 12.1 Å². The summed E-state index contributed by atoms with van der Waals surface area (Å²) in [6, 6.07) is 5.48. The van der Waals surface area contributed by atoms with Crippen LogP contribution in [0.3, 0.4) is 0 Å². The fourth-order valence-corrected chi connectivity index (χ4v) is 3.59. The van der Waals surface area contributed by atoms with Crippen LogP contribution in [0.15, 0.2) is 24.3 Å². The molecule has 2 fully saturated rings. The molecule has 2 heterocycles. The van der Waals surface area contributed by atoms with Gasteiger partial charge in [-0.05, 0) is 31.4 Å². The highest BCUT2D eigenvalue weighted by Crippen LogP contribution is 2.42. The lowest BCUT2D eigenvalue weighted by molar-refractivity contribution is -0.229. The minimum Gasteiger partial charge on any atom is -0.368 e. The van der Waals surface area contributed by atoms with Gasteiger partial charge in [0.2, 0.25) is 0 Å². The van der Waals surface area contributed by atoms with Crippen molar-refractivity contribution in [1.82, 2.24) is 0 Å². The van der Waals surface area contributed by atoms with Gasteiger partial charge in [-0.2, -0.15) is 13.2 Å². The zero-order valence-corrected chi connectivity index (χ0v) is 15.9. The Hall–Kier alpha value is -1.15. The predicted molar refractivity (Wildman–Crippen MR) is 92.9 cm³/mol. The summed E-state index contributed by atoms with van der Waals surface area (Å²) in [6.45, 7) is 5.71. The molecule has 5 atom stereocenters. The van der Waals surface area contributed by atoms with Crippen LogP contribution in [0.2, 0.25) is 0 Å². The Morgan fingerprint density at radius 1 is 1.15 bits per heavy atom. The average molecular weight is 388 g/mol. The highest BCUT2D eigenvalue weighted by molar-refractivity contribution is 5.29. The second-order valence-corrected chi connectivity index (χ2v) is 7.30. The number of rotatable bonds is 7. The van der Waals surface area contributed by atoms with E-state index in [2.05, 4.69) is 6.92 Å². The van der Waals surface area contributed by atoms with Crippen LogP contribution in [0, 0.1) is 0 Å². The zero-order valence-electron chi connectivity index (χ0n) is 15.9. The number of benzene rings is 1. The second kappa shape index (κ2) is 8.07. The van der Waals surface area contributed by atoms with Gasteiger partial charge in [0, 0.05) is 0 Å². The molecule has 1 unspecified atom stereocenters. The van der Waals surface area contributed by atoms with Gasteiger partial charge in [-0.3, -0.25) is 0 Å². The predicted octanol–water partition coefficient (Wildman–Crippen LogP) is 5.05. The summed E-state index contributed by atoms with van der Waals surface area (Å²) >= 11 is 0. The third kappa shape index (κ3) is 4.47. The van der Waals surface area contributed by atoms with E-state index >= 15 is 0 Å². The lowest BCUT2D eigenvalue weighted by atomic mass is 10.0. The SMILES string of the molecule is CCCC[C@H]1O[C@@H]2OC(C)(CC)O[C@@H]2[C@H]1OCc1ccccc1C(F)(F)F. The van der Waals surface area contributed by atoms with Crippen LogP contribution in [0.5, 0.6) is 0 Å². The van der Waals surface area contributed by atoms with Gasteiger partial charge in [0.15, 0.2) is 12.1 Å². The van der Waals surface area contributed by atoms with Crippen molar-refractivity contribution in [2.24, 2.45) is 0 Å². The Balaban J connectivity index is 1.74. The fraction of sp³-hybridized carbons (Fsp3) is 0.700. The third-order valence-electron chi connectivity index (χ3n) is 5.26. The van der Waals surface area contributed by atoms with Gasteiger partial charge >= 0.3 is 6.18 Å². The minimum atomic E-state index is -4.41. The molecule has 27 heavy (non-hydrogen) atoms. The maximum atomic E-state index is 13.2. The first kappa shape index (κ1) is 20.6. The van der Waals surface area contributed by atoms with Crippen molar-refractivity contribution < 1.29 is 32.1 Å². The topological polar surface area (TPSA) is 36.9 Å². The molecule has 1 aromatic rings. The Morgan fingerprint density at radius 3 is 2.56 bits per heavy atom. The van der Waals surface area contributed by atoms with E-state index in [1.807, 2.05) is 13.8 Å². The van der Waals surface area contributed by atoms with E-state index < -0.39 is 36.0 Å². The van der Waals surface area contributed by atoms with Crippen molar-refractivity contribution in [3.05, 3.63) is 35.4 Å². The summed E-state index contributed by atoms with van der Waals surface area (Å²) in [4.78, 5) is 0. The minimum absolute atomic E-state index is 0.111. The molecule has 0 amide bonds. The third-order valence-corrected chi connectivity index (χ3v) is 5.26. The van der Waals surface area contributed by atoms with Crippen molar-refractivity contribution in [3.63, 3.8) is 0 Å². The lowest BCUT2D eigenvalue weighted by Gasteiger charge is -2.28. The van der Waals surface area contributed by atoms with Crippen molar-refractivity contribution in [3.8, 4) is 0 Å². The molecule has 0 aliphatic carbocycles. The van der Waals surface area contributed by atoms with E-state index in [1.54, 1.807) is 6.07 Å². The number of ether oxygens (including phenoxy) is 4. The van der Waals surface area contributed by atoms with Crippen LogP contribution >= 0.6 is 0 Å². The quantitative estimate of drug-likeness (QED) is 0.655. The van der Waals surface area contributed by atoms with Crippen molar-refractivity contribution >= 4 is 0 Å². The average Bonchev–Trinajstić information content (AvgIpc) is 3.11. The monoisotopic (exact) mass is 388 g/mol. The van der Waals surface area contributed by atoms with Crippen LogP contribution in [-0.2, 0) is 31.7 Å². The molecular formula is C20H27F3O4. The van der Waals surface area contributed by atoms with E-state index in [0.29, 0.717) is 6.42 Å². The maximum Gasteiger partial charge on any atom is 0.416 e. The van der Waals surface area contributed by atoms with Crippen molar-refractivity contribution in [2.75, 3.05) is 0 Å². The van der Waals surface area contributed by atoms with Crippen LogP contribution in [0.4, 0.5) is 13.2 Å². The summed E-state index contributed by atoms with van der Waals surface area (Å²) in [5.74, 6) is -0.753. The number of unbranched alkanes of at least 4 members (excludes halogenated alkanes) is 1. The van der Waals surface area contributed by atoms with Crippen molar-refractivity contribution in [2.45, 2.75) is 89.6 Å². The molecule has 0 bridgehead atoms. The summed E-state index contributed by atoms with van der Waals surface area (Å²) in [5, 5.41) is 0. The van der Waals surface area contributed by atoms with Gasteiger partial charge in [-0.15, -0.1) is 0 Å². The highest BCUT2D eigenvalue weighted by atomic mass is 19.4. The first-order valence-electron chi connectivity index (χ1n) is 9.55. The van der Waals surface area contributed by atoms with Crippen LogP contribution < -0.4 is 0 Å². The Kier molecular flexibility index (Phi) is 6.15. The number of fused-ring (bicyclic) bond motifs is 1. The molecule has 7 heteroatoms. The normalized spacial score (nSPS) is 33.4. The first-order chi connectivity index (χ1) is 12.8. The molecule has 0 saturated carbocycles. The van der Waals surface area contributed by atoms with Gasteiger partial charge in [0.05, 0.1) is 18.3 Å². The number of hydrogen-bond donors (Lipinski definition) is 0. The van der Waals surface area contributed by atoms with Gasteiger partial charge in [-0.25, -0.2) is 0 Å². The largest absolute Gasteiger partial charge is 0.416 e. The number of alkyl halides is 3. The molecule has 2 aliphatic rings. The number of halogens is 3. The first-order valence-corrected chi connectivity index (χ1v) is 9.55. The lowest BCUT2D eigenvalue weighted by Crippen LogP contribution is -2.37. The van der Waals surface area contributed by atoms with Crippen LogP contribution in [0.25, 0.3) is 0 Å². The molecule has 4 nitrogen and oxygen atoms in total. The molecule has 0 N–H and O–H groups in total. The van der Waals surface area contributed by atoms with E-state index in [-0.39, 0.29) is 18.3 Å². The van der Waals surface area contributed by atoms with Crippen molar-refractivity contribution in [1.29, 1.82) is 0 Å². The molecule has 1 aromatic carbocycles. The second-order valence-electron chi connectivity index (χ2n) is 7.30. The number of hydrogen-bond acceptors (Lipinski definition) is 4. The van der Waals surface area contributed by atoms with Crippen LogP contribution in [-0.4, -0.2) is 30.4 Å². The van der Waals surface area contributed by atoms with Gasteiger partial charge in [0.1, 0.15) is 12.2 Å². The van der Waals surface area contributed by atoms with E-state index in [9.17, 15) is 13.2 Å². The summed E-state index contributed by atoms with van der Waals surface area (Å²) < 4.78 is 63.6. The Bertz CT molecular complexity index is 636. The zero-order chi connectivity index (χ0) is 19.7. The summed E-state index contributed by atoms with van der Waals surface area (Å²) in [6.07, 6.45) is -2.77. The standard InChI is InChI=1S/C20H27F3O4/c1-4-6-11-15-16(17-18(25-15)27-19(3,5-2)26-17)24-12-13-9-7-8-10-14(13)20(21,22)23/h7-10,15-18H,4-6,11-12H2,1-3H3/t15-,16+,17-,18-,19?/m1/s1. The van der Waals surface area contributed by atoms with E-state index in [0.717, 1.165) is 25.3 Å². The summed E-state index contributed by atoms with van der Waals surface area (Å²) in [5.41, 5.74) is -0.563. The van der Waals surface area contributed by atoms with Gasteiger partial charge < -0.3 is 18.9 Å². The maximum absolute atomic E-state index is 13.2. The van der Waals surface area contributed by atoms with Gasteiger partial charge in [-0.1, -0.05) is 44.9 Å². The molecule has 2 aliphatic heterocycles. The molecule has 3 rings (SSSR count). The highest BCUT2D eigenvalue weighted by Gasteiger charge is 2.56. The van der Waals surface area contributed by atoms with Gasteiger partial charge in [0.25, 0.3) is 0 Å². The molecule has 152 valence electrons. The molecule has 0 spiro atoms. The molecule has 2 saturated heterocycles. The molecule has 0 aromatic heterocycles. The smallest absolute Gasteiger partial charge is 0.368 e.